The van der Waals surface area contributed by atoms with E-state index in [1.807, 2.05) is 38.1 Å². The van der Waals surface area contributed by atoms with Gasteiger partial charge in [0.25, 0.3) is 0 Å². The Hall–Kier alpha value is -1.65. The molecule has 1 aromatic heterocycles. The van der Waals surface area contributed by atoms with Crippen molar-refractivity contribution in [2.45, 2.75) is 20.5 Å². The minimum atomic E-state index is 0.401. The van der Waals surface area contributed by atoms with Gasteiger partial charge in [0.05, 0.1) is 6.61 Å². The van der Waals surface area contributed by atoms with Crippen LogP contribution in [-0.4, -0.2) is 17.3 Å². The van der Waals surface area contributed by atoms with E-state index < -0.39 is 0 Å². The predicted octanol–water partition coefficient (Wildman–Crippen LogP) is 3.69. The van der Waals surface area contributed by atoms with Crippen molar-refractivity contribution in [3.63, 3.8) is 0 Å². The van der Waals surface area contributed by atoms with Crippen LogP contribution in [0.25, 0.3) is 0 Å². The van der Waals surface area contributed by atoms with Crippen LogP contribution >= 0.6 is 11.6 Å². The van der Waals surface area contributed by atoms with E-state index in [1.165, 1.54) is 0 Å². The molecule has 1 heterocycles. The lowest BCUT2D eigenvalue weighted by Crippen LogP contribution is -1.98. The molecule has 0 saturated carbocycles. The topological polar surface area (TPSA) is 44.2 Å². The maximum absolute atomic E-state index is 5.91. The molecule has 5 heteroatoms. The summed E-state index contributed by atoms with van der Waals surface area (Å²) in [5, 5.41) is 8.24. The van der Waals surface area contributed by atoms with Crippen molar-refractivity contribution in [2.24, 2.45) is 0 Å². The molecule has 0 N–H and O–H groups in total. The quantitative estimate of drug-likeness (QED) is 0.856. The van der Waals surface area contributed by atoms with Gasteiger partial charge in [-0.3, -0.25) is 0 Å². The van der Waals surface area contributed by atoms with E-state index in [0.717, 1.165) is 16.7 Å². The number of aromatic nitrogens is 2. The summed E-state index contributed by atoms with van der Waals surface area (Å²) in [6.07, 6.45) is 0. The number of nitrogens with zero attached hydrogens (tertiary/aromatic N) is 2. The number of methoxy groups -OCH3 is 1. The van der Waals surface area contributed by atoms with E-state index in [0.29, 0.717) is 23.4 Å². The molecule has 0 spiro atoms. The fourth-order valence-corrected chi connectivity index (χ4v) is 1.81. The van der Waals surface area contributed by atoms with Crippen LogP contribution in [0.2, 0.25) is 5.15 Å². The van der Waals surface area contributed by atoms with E-state index in [4.69, 9.17) is 21.1 Å². The van der Waals surface area contributed by atoms with E-state index >= 15 is 0 Å². The van der Waals surface area contributed by atoms with Crippen LogP contribution in [-0.2, 0) is 11.3 Å². The Morgan fingerprint density at radius 3 is 2.68 bits per heavy atom. The van der Waals surface area contributed by atoms with E-state index in [1.54, 1.807) is 7.11 Å². The molecular weight excluding hydrogens is 264 g/mol. The van der Waals surface area contributed by atoms with E-state index in [2.05, 4.69) is 10.2 Å². The number of hydrogen-bond acceptors (Lipinski definition) is 4. The summed E-state index contributed by atoms with van der Waals surface area (Å²) in [5.41, 5.74) is 2.80. The Kier molecular flexibility index (Phi) is 4.35. The minimum absolute atomic E-state index is 0.401. The summed E-state index contributed by atoms with van der Waals surface area (Å²) in [4.78, 5) is 0. The first kappa shape index (κ1) is 13.8. The highest BCUT2D eigenvalue weighted by Gasteiger charge is 2.10. The molecule has 0 atom stereocenters. The van der Waals surface area contributed by atoms with Gasteiger partial charge in [-0.15, -0.1) is 10.2 Å². The van der Waals surface area contributed by atoms with Gasteiger partial charge in [0.2, 0.25) is 5.88 Å². The highest BCUT2D eigenvalue weighted by molar-refractivity contribution is 6.30. The predicted molar refractivity (Wildman–Crippen MR) is 73.7 cm³/mol. The standard InChI is InChI=1S/C14H15ClN2O2/c1-9-10(2)14(17-16-13(9)15)19-12-6-4-5-11(7-12)8-18-3/h4-7H,8H2,1-3H3. The number of ether oxygens (including phenoxy) is 2. The van der Waals surface area contributed by atoms with Crippen LogP contribution in [0.3, 0.4) is 0 Å². The van der Waals surface area contributed by atoms with Gasteiger partial charge in [0.15, 0.2) is 5.15 Å². The normalized spacial score (nSPS) is 10.5. The Bertz CT molecular complexity index is 588. The molecule has 0 unspecified atom stereocenters. The van der Waals surface area contributed by atoms with Gasteiger partial charge in [0.1, 0.15) is 5.75 Å². The van der Waals surface area contributed by atoms with Gasteiger partial charge >= 0.3 is 0 Å². The highest BCUT2D eigenvalue weighted by atomic mass is 35.5. The second-order valence-corrected chi connectivity index (χ2v) is 4.59. The molecule has 0 fully saturated rings. The molecule has 1 aromatic carbocycles. The van der Waals surface area contributed by atoms with Crippen LogP contribution in [0, 0.1) is 13.8 Å². The zero-order valence-electron chi connectivity index (χ0n) is 11.1. The Labute approximate surface area is 117 Å². The Balaban J connectivity index is 2.26. The van der Waals surface area contributed by atoms with Crippen molar-refractivity contribution in [3.8, 4) is 11.6 Å². The number of benzene rings is 1. The average Bonchev–Trinajstić information content (AvgIpc) is 2.40. The highest BCUT2D eigenvalue weighted by Crippen LogP contribution is 2.27. The number of hydrogen-bond donors (Lipinski definition) is 0. The van der Waals surface area contributed by atoms with Crippen LogP contribution < -0.4 is 4.74 Å². The van der Waals surface area contributed by atoms with Crippen molar-refractivity contribution < 1.29 is 9.47 Å². The van der Waals surface area contributed by atoms with Crippen molar-refractivity contribution in [3.05, 3.63) is 46.1 Å². The summed E-state index contributed by atoms with van der Waals surface area (Å²) in [5.74, 6) is 1.17. The lowest BCUT2D eigenvalue weighted by molar-refractivity contribution is 0.184. The first-order chi connectivity index (χ1) is 9.11. The molecule has 0 bridgehead atoms. The minimum Gasteiger partial charge on any atom is -0.437 e. The monoisotopic (exact) mass is 278 g/mol. The first-order valence-corrected chi connectivity index (χ1v) is 6.24. The zero-order chi connectivity index (χ0) is 13.8. The van der Waals surface area contributed by atoms with Gasteiger partial charge in [-0.1, -0.05) is 23.7 Å². The van der Waals surface area contributed by atoms with Crippen LogP contribution in [0.15, 0.2) is 24.3 Å². The molecule has 2 aromatic rings. The smallest absolute Gasteiger partial charge is 0.242 e. The van der Waals surface area contributed by atoms with Crippen LogP contribution in [0.5, 0.6) is 11.6 Å². The SMILES string of the molecule is COCc1cccc(Oc2nnc(Cl)c(C)c2C)c1. The number of halogens is 1. The second kappa shape index (κ2) is 5.99. The fourth-order valence-electron chi connectivity index (χ4n) is 1.63. The lowest BCUT2D eigenvalue weighted by Gasteiger charge is -2.10. The van der Waals surface area contributed by atoms with Gasteiger partial charge in [-0.2, -0.15) is 0 Å². The summed E-state index contributed by atoms with van der Waals surface area (Å²) in [7, 11) is 1.66. The summed E-state index contributed by atoms with van der Waals surface area (Å²) >= 11 is 5.91. The largest absolute Gasteiger partial charge is 0.437 e. The van der Waals surface area contributed by atoms with Crippen molar-refractivity contribution >= 4 is 11.6 Å². The van der Waals surface area contributed by atoms with Gasteiger partial charge in [0, 0.05) is 12.7 Å². The molecule has 0 aliphatic rings. The van der Waals surface area contributed by atoms with Crippen molar-refractivity contribution in [2.75, 3.05) is 7.11 Å². The van der Waals surface area contributed by atoms with Crippen LogP contribution in [0.1, 0.15) is 16.7 Å². The third-order valence-corrected chi connectivity index (χ3v) is 3.20. The van der Waals surface area contributed by atoms with E-state index in [-0.39, 0.29) is 0 Å². The van der Waals surface area contributed by atoms with Gasteiger partial charge in [-0.05, 0) is 37.1 Å². The second-order valence-electron chi connectivity index (χ2n) is 4.23. The Morgan fingerprint density at radius 2 is 1.95 bits per heavy atom. The summed E-state index contributed by atoms with van der Waals surface area (Å²) in [6.45, 7) is 4.34. The molecule has 100 valence electrons. The molecule has 4 nitrogen and oxygen atoms in total. The third-order valence-electron chi connectivity index (χ3n) is 2.85. The molecular formula is C14H15ClN2O2. The van der Waals surface area contributed by atoms with Crippen molar-refractivity contribution in [1.82, 2.24) is 10.2 Å². The summed E-state index contributed by atoms with van der Waals surface area (Å²) in [6, 6.07) is 7.66. The lowest BCUT2D eigenvalue weighted by atomic mass is 10.2. The van der Waals surface area contributed by atoms with Crippen LogP contribution in [0.4, 0.5) is 0 Å². The molecule has 0 amide bonds. The molecule has 0 aliphatic heterocycles. The van der Waals surface area contributed by atoms with Gasteiger partial charge in [-0.25, -0.2) is 0 Å². The zero-order valence-corrected chi connectivity index (χ0v) is 11.9. The van der Waals surface area contributed by atoms with Gasteiger partial charge < -0.3 is 9.47 Å². The third kappa shape index (κ3) is 3.22. The summed E-state index contributed by atoms with van der Waals surface area (Å²) < 4.78 is 10.8. The Morgan fingerprint density at radius 1 is 1.16 bits per heavy atom. The van der Waals surface area contributed by atoms with Crippen molar-refractivity contribution in [1.29, 1.82) is 0 Å². The van der Waals surface area contributed by atoms with E-state index in [9.17, 15) is 0 Å². The molecule has 0 saturated heterocycles. The molecule has 19 heavy (non-hydrogen) atoms. The molecule has 0 aliphatic carbocycles. The number of rotatable bonds is 4. The molecule has 2 rings (SSSR count). The molecule has 0 radical (unpaired) electrons. The first-order valence-electron chi connectivity index (χ1n) is 5.87. The fraction of sp³-hybridized carbons (Fsp3) is 0.286. The maximum Gasteiger partial charge on any atom is 0.242 e. The maximum atomic E-state index is 5.91. The average molecular weight is 279 g/mol.